The van der Waals surface area contributed by atoms with Gasteiger partial charge < -0.3 is 10.1 Å². The lowest BCUT2D eigenvalue weighted by Crippen LogP contribution is -2.43. The molecule has 8 heteroatoms. The molecule has 31 heavy (non-hydrogen) atoms. The van der Waals surface area contributed by atoms with Crippen LogP contribution in [0.2, 0.25) is 0 Å². The van der Waals surface area contributed by atoms with Gasteiger partial charge in [0.1, 0.15) is 5.75 Å². The summed E-state index contributed by atoms with van der Waals surface area (Å²) in [6, 6.07) is 14.9. The van der Waals surface area contributed by atoms with Crippen molar-refractivity contribution in [1.29, 1.82) is 0 Å². The zero-order valence-corrected chi connectivity index (χ0v) is 19.7. The van der Waals surface area contributed by atoms with Crippen LogP contribution in [-0.4, -0.2) is 51.1 Å². The molecule has 0 atom stereocenters. The van der Waals surface area contributed by atoms with E-state index in [-0.39, 0.29) is 16.7 Å². The minimum atomic E-state index is -3.55. The molecule has 0 radical (unpaired) electrons. The lowest BCUT2D eigenvalue weighted by atomic mass is 9.97. The lowest BCUT2D eigenvalue weighted by molar-refractivity contribution is -0.125. The predicted octanol–water partition coefficient (Wildman–Crippen LogP) is 3.45. The van der Waals surface area contributed by atoms with Gasteiger partial charge in [-0.05, 0) is 49.6 Å². The summed E-state index contributed by atoms with van der Waals surface area (Å²) >= 11 is 1.79. The fourth-order valence-electron chi connectivity index (χ4n) is 3.52. The van der Waals surface area contributed by atoms with Crippen molar-refractivity contribution < 1.29 is 17.9 Å². The van der Waals surface area contributed by atoms with E-state index in [0.717, 1.165) is 11.5 Å². The Kier molecular flexibility index (Phi) is 8.40. The molecular weight excluding hydrogens is 432 g/mol. The molecule has 1 N–H and O–H groups in total. The Hall–Kier alpha value is -2.03. The monoisotopic (exact) mass is 462 g/mol. The topological polar surface area (TPSA) is 75.7 Å². The van der Waals surface area contributed by atoms with E-state index in [0.29, 0.717) is 38.2 Å². The molecule has 1 amide bonds. The van der Waals surface area contributed by atoms with Crippen LogP contribution in [0.1, 0.15) is 24.0 Å². The number of thioether (sulfide) groups is 1. The van der Waals surface area contributed by atoms with Gasteiger partial charge in [0, 0.05) is 37.1 Å². The normalized spacial score (nSPS) is 15.5. The lowest BCUT2D eigenvalue weighted by Gasteiger charge is -2.30. The van der Waals surface area contributed by atoms with Gasteiger partial charge in [-0.2, -0.15) is 16.1 Å². The number of hydrogen-bond donors (Lipinski definition) is 1. The second-order valence-electron chi connectivity index (χ2n) is 7.68. The highest BCUT2D eigenvalue weighted by Crippen LogP contribution is 2.25. The minimum Gasteiger partial charge on any atom is -0.497 e. The second kappa shape index (κ2) is 11.0. The van der Waals surface area contributed by atoms with Crippen LogP contribution in [0.5, 0.6) is 5.75 Å². The summed E-state index contributed by atoms with van der Waals surface area (Å²) in [6.07, 6.45) is 1.08. The molecule has 2 aromatic carbocycles. The van der Waals surface area contributed by atoms with Crippen molar-refractivity contribution in [2.75, 3.05) is 32.5 Å². The Labute approximate surface area is 189 Å². The Balaban J connectivity index is 1.39. The molecular formula is C23H30N2O4S2. The van der Waals surface area contributed by atoms with Crippen molar-refractivity contribution in [3.8, 4) is 5.75 Å². The predicted molar refractivity (Wildman–Crippen MR) is 125 cm³/mol. The second-order valence-corrected chi connectivity index (χ2v) is 10.7. The van der Waals surface area contributed by atoms with Gasteiger partial charge >= 0.3 is 0 Å². The molecule has 0 unspecified atom stereocenters. The summed E-state index contributed by atoms with van der Waals surface area (Å²) in [6.45, 7) is 3.41. The summed E-state index contributed by atoms with van der Waals surface area (Å²) < 4.78 is 32.2. The number of methoxy groups -OCH3 is 1. The fraction of sp³-hybridized carbons (Fsp3) is 0.435. The number of carbonyl (C=O) groups excluding carboxylic acids is 1. The molecule has 1 saturated heterocycles. The maximum absolute atomic E-state index is 12.8. The highest BCUT2D eigenvalue weighted by Gasteiger charge is 2.31. The zero-order chi connectivity index (χ0) is 22.3. The molecule has 168 valence electrons. The number of ether oxygens (including phenoxy) is 1. The van der Waals surface area contributed by atoms with E-state index in [4.69, 9.17) is 4.74 Å². The number of nitrogens with one attached hydrogen (secondary N) is 1. The average molecular weight is 463 g/mol. The molecule has 1 fully saturated rings. The highest BCUT2D eigenvalue weighted by atomic mass is 32.2. The van der Waals surface area contributed by atoms with Gasteiger partial charge in [-0.25, -0.2) is 8.42 Å². The summed E-state index contributed by atoms with van der Waals surface area (Å²) in [7, 11) is -2.00. The van der Waals surface area contributed by atoms with Crippen LogP contribution < -0.4 is 10.1 Å². The zero-order valence-electron chi connectivity index (χ0n) is 18.0. The van der Waals surface area contributed by atoms with Crippen LogP contribution in [0.15, 0.2) is 53.4 Å². The van der Waals surface area contributed by atoms with E-state index in [2.05, 4.69) is 36.5 Å². The maximum atomic E-state index is 12.8. The van der Waals surface area contributed by atoms with Gasteiger partial charge in [0.05, 0.1) is 12.0 Å². The number of hydrogen-bond acceptors (Lipinski definition) is 5. The quantitative estimate of drug-likeness (QED) is 0.578. The van der Waals surface area contributed by atoms with Crippen LogP contribution >= 0.6 is 11.8 Å². The number of piperidine rings is 1. The smallest absolute Gasteiger partial charge is 0.243 e. The van der Waals surface area contributed by atoms with Crippen molar-refractivity contribution in [2.24, 2.45) is 5.92 Å². The van der Waals surface area contributed by atoms with Gasteiger partial charge in [-0.3, -0.25) is 4.79 Å². The van der Waals surface area contributed by atoms with Gasteiger partial charge in [0.15, 0.2) is 0 Å². The molecule has 1 heterocycles. The largest absolute Gasteiger partial charge is 0.497 e. The molecule has 0 aliphatic carbocycles. The molecule has 2 aromatic rings. The van der Waals surface area contributed by atoms with E-state index in [1.807, 2.05) is 0 Å². The van der Waals surface area contributed by atoms with Crippen LogP contribution in [0.25, 0.3) is 0 Å². The number of nitrogens with zero attached hydrogens (tertiary/aromatic N) is 1. The van der Waals surface area contributed by atoms with Crippen LogP contribution in [0, 0.1) is 12.8 Å². The first-order valence-electron chi connectivity index (χ1n) is 10.5. The number of rotatable bonds is 9. The Morgan fingerprint density at radius 3 is 2.35 bits per heavy atom. The Morgan fingerprint density at radius 2 is 1.74 bits per heavy atom. The first kappa shape index (κ1) is 23.6. The van der Waals surface area contributed by atoms with Crippen molar-refractivity contribution in [2.45, 2.75) is 30.4 Å². The molecule has 0 aromatic heterocycles. The molecule has 3 rings (SSSR count). The van der Waals surface area contributed by atoms with Gasteiger partial charge in [-0.15, -0.1) is 0 Å². The summed E-state index contributed by atoms with van der Waals surface area (Å²) in [4.78, 5) is 12.7. The molecule has 0 saturated carbocycles. The van der Waals surface area contributed by atoms with Crippen LogP contribution in [0.4, 0.5) is 0 Å². The fourth-order valence-corrected chi connectivity index (χ4v) is 5.81. The van der Waals surface area contributed by atoms with Crippen LogP contribution in [-0.2, 0) is 20.6 Å². The number of amides is 1. The molecule has 0 bridgehead atoms. The van der Waals surface area contributed by atoms with Crippen molar-refractivity contribution in [3.05, 3.63) is 59.7 Å². The standard InChI is InChI=1S/C23H30N2O4S2/c1-18-3-5-19(6-4-18)17-30-16-13-24-23(26)20-11-14-25(15-12-20)31(27,28)22-9-7-21(29-2)8-10-22/h3-10,20H,11-17H2,1-2H3,(H,24,26). The third-order valence-electron chi connectivity index (χ3n) is 5.46. The third-order valence-corrected chi connectivity index (χ3v) is 8.40. The minimum absolute atomic E-state index is 0.0254. The number of carbonyl (C=O) groups is 1. The molecule has 6 nitrogen and oxygen atoms in total. The Bertz CT molecular complexity index is 952. The van der Waals surface area contributed by atoms with E-state index >= 15 is 0 Å². The van der Waals surface area contributed by atoms with E-state index < -0.39 is 10.0 Å². The Morgan fingerprint density at radius 1 is 1.10 bits per heavy atom. The summed E-state index contributed by atoms with van der Waals surface area (Å²) in [5, 5.41) is 3.00. The maximum Gasteiger partial charge on any atom is 0.243 e. The number of aryl methyl sites for hydroxylation is 1. The van der Waals surface area contributed by atoms with Crippen molar-refractivity contribution in [1.82, 2.24) is 9.62 Å². The first-order valence-corrected chi connectivity index (χ1v) is 13.0. The summed E-state index contributed by atoms with van der Waals surface area (Å²) in [5.41, 5.74) is 2.54. The van der Waals surface area contributed by atoms with E-state index in [9.17, 15) is 13.2 Å². The van der Waals surface area contributed by atoms with E-state index in [1.165, 1.54) is 15.4 Å². The molecule has 1 aliphatic heterocycles. The number of sulfonamides is 1. The van der Waals surface area contributed by atoms with Crippen LogP contribution in [0.3, 0.4) is 0 Å². The van der Waals surface area contributed by atoms with Crippen molar-refractivity contribution >= 4 is 27.7 Å². The first-order chi connectivity index (χ1) is 14.9. The summed E-state index contributed by atoms with van der Waals surface area (Å²) in [5.74, 6) is 2.29. The number of benzene rings is 2. The molecule has 1 aliphatic rings. The van der Waals surface area contributed by atoms with Gasteiger partial charge in [-0.1, -0.05) is 29.8 Å². The third kappa shape index (κ3) is 6.48. The van der Waals surface area contributed by atoms with E-state index in [1.54, 1.807) is 43.1 Å². The highest BCUT2D eigenvalue weighted by molar-refractivity contribution is 7.98. The van der Waals surface area contributed by atoms with Gasteiger partial charge in [0.25, 0.3) is 0 Å². The van der Waals surface area contributed by atoms with Gasteiger partial charge in [0.2, 0.25) is 15.9 Å². The molecule has 0 spiro atoms. The SMILES string of the molecule is COc1ccc(S(=O)(=O)N2CCC(C(=O)NCCSCc3ccc(C)cc3)CC2)cc1. The van der Waals surface area contributed by atoms with Crippen molar-refractivity contribution in [3.63, 3.8) is 0 Å². The average Bonchev–Trinajstić information content (AvgIpc) is 2.80.